The van der Waals surface area contributed by atoms with Crippen LogP contribution in [0.25, 0.3) is 21.7 Å². The maximum atomic E-state index is 13.4. The Morgan fingerprint density at radius 2 is 1.76 bits per heavy atom. The molecule has 0 saturated heterocycles. The van der Waals surface area contributed by atoms with Crippen LogP contribution >= 0.6 is 0 Å². The molecule has 0 bridgehead atoms. The summed E-state index contributed by atoms with van der Waals surface area (Å²) in [5, 5.41) is 2.82. The Labute approximate surface area is 202 Å². The lowest BCUT2D eigenvalue weighted by molar-refractivity contribution is 0.179. The molecule has 1 heterocycles. The fourth-order valence-corrected chi connectivity index (χ4v) is 6.74. The number of benzene rings is 3. The number of hydrogen-bond donors (Lipinski definition) is 1. The summed E-state index contributed by atoms with van der Waals surface area (Å²) in [5.41, 5.74) is 4.74. The van der Waals surface area contributed by atoms with E-state index in [0.717, 1.165) is 64.3 Å². The van der Waals surface area contributed by atoms with E-state index in [1.807, 2.05) is 56.3 Å². The van der Waals surface area contributed by atoms with E-state index in [0.29, 0.717) is 16.5 Å². The zero-order valence-corrected chi connectivity index (χ0v) is 21.5. The van der Waals surface area contributed by atoms with Crippen LogP contribution in [0.3, 0.4) is 0 Å². The Morgan fingerprint density at radius 1 is 1.03 bits per heavy atom. The second-order valence-corrected chi connectivity index (χ2v) is 12.2. The van der Waals surface area contributed by atoms with Gasteiger partial charge in [-0.15, -0.1) is 0 Å². The van der Waals surface area contributed by atoms with Gasteiger partial charge < -0.3 is 4.42 Å². The summed E-state index contributed by atoms with van der Waals surface area (Å²) in [6.07, 6.45) is 4.14. The molecule has 4 aromatic rings. The number of hydrogen-bond acceptors (Lipinski definition) is 3. The molecule has 0 fully saturated rings. The first-order chi connectivity index (χ1) is 16.1. The van der Waals surface area contributed by atoms with E-state index >= 15 is 0 Å². The molecule has 0 saturated carbocycles. The molecule has 1 N–H and O–H groups in total. The molecule has 1 aromatic heterocycles. The molecule has 1 aliphatic rings. The standard InChI is InChI=1S/C29H33NO3S/c1-6-29(4,5)20-12-13-26-23(16-20)24-17-25(21-9-7-8-10-22(21)28(24)33-26)30-34(31,32)27-14-11-18(2)15-19(27)3/h7-11,14-15,17,20,30H,6,12-13,16H2,1-5H3/t20-/m0/s1. The predicted octanol–water partition coefficient (Wildman–Crippen LogP) is 7.54. The van der Waals surface area contributed by atoms with Gasteiger partial charge in [0.25, 0.3) is 10.0 Å². The van der Waals surface area contributed by atoms with E-state index in [2.05, 4.69) is 25.5 Å². The highest BCUT2D eigenvalue weighted by Gasteiger charge is 2.34. The Bertz CT molecular complexity index is 1510. The molecule has 1 aliphatic carbocycles. The van der Waals surface area contributed by atoms with Crippen molar-refractivity contribution < 1.29 is 12.8 Å². The Hall–Kier alpha value is -2.79. The lowest BCUT2D eigenvalue weighted by atomic mass is 9.69. The predicted molar refractivity (Wildman–Crippen MR) is 140 cm³/mol. The molecule has 3 aromatic carbocycles. The van der Waals surface area contributed by atoms with Crippen LogP contribution in [0.5, 0.6) is 0 Å². The molecule has 1 atom stereocenters. The van der Waals surface area contributed by atoms with Crippen molar-refractivity contribution in [3.05, 3.63) is 71.0 Å². The van der Waals surface area contributed by atoms with E-state index in [4.69, 9.17) is 4.42 Å². The Balaban J connectivity index is 1.66. The van der Waals surface area contributed by atoms with Crippen molar-refractivity contribution in [3.8, 4) is 0 Å². The SMILES string of the molecule is CCC(C)(C)[C@H]1CCc2oc3c(cc(NS(=O)(=O)c4ccc(C)cc4C)c4ccccc43)c2C1. The van der Waals surface area contributed by atoms with E-state index in [-0.39, 0.29) is 5.41 Å². The third-order valence-electron chi connectivity index (χ3n) is 7.93. The monoisotopic (exact) mass is 475 g/mol. The van der Waals surface area contributed by atoms with Crippen molar-refractivity contribution in [3.63, 3.8) is 0 Å². The molecule has 5 heteroatoms. The maximum Gasteiger partial charge on any atom is 0.262 e. The average Bonchev–Trinajstić information content (AvgIpc) is 3.17. The third-order valence-corrected chi connectivity index (χ3v) is 9.46. The van der Waals surface area contributed by atoms with Gasteiger partial charge in [-0.25, -0.2) is 8.42 Å². The molecule has 0 unspecified atom stereocenters. The van der Waals surface area contributed by atoms with Gasteiger partial charge in [-0.1, -0.05) is 69.2 Å². The van der Waals surface area contributed by atoms with Crippen molar-refractivity contribution in [1.29, 1.82) is 0 Å². The quantitative estimate of drug-likeness (QED) is 0.324. The molecule has 5 rings (SSSR count). The van der Waals surface area contributed by atoms with Gasteiger partial charge >= 0.3 is 0 Å². The number of aryl methyl sites for hydroxylation is 3. The van der Waals surface area contributed by atoms with E-state index < -0.39 is 10.0 Å². The first kappa shape index (κ1) is 23.0. The van der Waals surface area contributed by atoms with Crippen LogP contribution in [-0.4, -0.2) is 8.42 Å². The molecule has 178 valence electrons. The highest BCUT2D eigenvalue weighted by atomic mass is 32.2. The van der Waals surface area contributed by atoms with Gasteiger partial charge in [0, 0.05) is 28.1 Å². The highest BCUT2D eigenvalue weighted by Crippen LogP contribution is 2.45. The van der Waals surface area contributed by atoms with Crippen molar-refractivity contribution in [2.24, 2.45) is 11.3 Å². The summed E-state index contributed by atoms with van der Waals surface area (Å²) in [6, 6.07) is 15.3. The van der Waals surface area contributed by atoms with Gasteiger partial charge in [0.15, 0.2) is 0 Å². The zero-order chi connectivity index (χ0) is 24.3. The molecule has 0 spiro atoms. The van der Waals surface area contributed by atoms with Gasteiger partial charge in [0.1, 0.15) is 11.3 Å². The van der Waals surface area contributed by atoms with Crippen LogP contribution in [0.15, 0.2) is 57.8 Å². The summed E-state index contributed by atoms with van der Waals surface area (Å²) in [5.74, 6) is 1.63. The molecule has 4 nitrogen and oxygen atoms in total. The largest absolute Gasteiger partial charge is 0.460 e. The zero-order valence-electron chi connectivity index (χ0n) is 20.7. The van der Waals surface area contributed by atoms with Crippen LogP contribution in [0.4, 0.5) is 5.69 Å². The van der Waals surface area contributed by atoms with Crippen LogP contribution in [0.2, 0.25) is 0 Å². The van der Waals surface area contributed by atoms with Crippen LogP contribution in [-0.2, 0) is 22.9 Å². The third kappa shape index (κ3) is 3.80. The fraction of sp³-hybridized carbons (Fsp3) is 0.379. The normalized spacial score (nSPS) is 16.7. The van der Waals surface area contributed by atoms with E-state index in [1.165, 1.54) is 5.56 Å². The van der Waals surface area contributed by atoms with Crippen LogP contribution in [0.1, 0.15) is 56.1 Å². The number of anilines is 1. The van der Waals surface area contributed by atoms with Gasteiger partial charge in [0.2, 0.25) is 0 Å². The maximum absolute atomic E-state index is 13.4. The molecule has 0 amide bonds. The number of furan rings is 1. The second-order valence-electron chi connectivity index (χ2n) is 10.5. The van der Waals surface area contributed by atoms with E-state index in [9.17, 15) is 8.42 Å². The topological polar surface area (TPSA) is 59.3 Å². The average molecular weight is 476 g/mol. The van der Waals surface area contributed by atoms with Crippen molar-refractivity contribution >= 4 is 37.5 Å². The minimum atomic E-state index is -3.74. The Morgan fingerprint density at radius 3 is 2.47 bits per heavy atom. The van der Waals surface area contributed by atoms with Crippen LogP contribution < -0.4 is 4.72 Å². The lowest BCUT2D eigenvalue weighted by Gasteiger charge is -2.36. The highest BCUT2D eigenvalue weighted by molar-refractivity contribution is 7.92. The summed E-state index contributed by atoms with van der Waals surface area (Å²) in [6.45, 7) is 10.8. The number of nitrogens with one attached hydrogen (secondary N) is 1. The Kier molecular flexibility index (Phi) is 5.51. The summed E-state index contributed by atoms with van der Waals surface area (Å²) in [7, 11) is -3.74. The lowest BCUT2D eigenvalue weighted by Crippen LogP contribution is -2.28. The fourth-order valence-electron chi connectivity index (χ4n) is 5.44. The number of sulfonamides is 1. The number of fused-ring (bicyclic) bond motifs is 5. The van der Waals surface area contributed by atoms with Gasteiger partial charge in [-0.2, -0.15) is 0 Å². The number of rotatable bonds is 5. The summed E-state index contributed by atoms with van der Waals surface area (Å²) >= 11 is 0. The van der Waals surface area contributed by atoms with E-state index in [1.54, 1.807) is 6.07 Å². The first-order valence-electron chi connectivity index (χ1n) is 12.2. The minimum Gasteiger partial charge on any atom is -0.460 e. The van der Waals surface area contributed by atoms with Crippen LogP contribution in [0, 0.1) is 25.2 Å². The molecular formula is C29H33NO3S. The molecular weight excluding hydrogens is 442 g/mol. The van der Waals surface area contributed by atoms with Crippen molar-refractivity contribution in [2.45, 2.75) is 65.2 Å². The molecule has 0 radical (unpaired) electrons. The van der Waals surface area contributed by atoms with Gasteiger partial charge in [-0.3, -0.25) is 4.72 Å². The molecule has 0 aliphatic heterocycles. The van der Waals surface area contributed by atoms with Crippen molar-refractivity contribution in [2.75, 3.05) is 4.72 Å². The second kappa shape index (κ2) is 8.16. The van der Waals surface area contributed by atoms with Gasteiger partial charge in [-0.05, 0) is 55.7 Å². The van der Waals surface area contributed by atoms with Gasteiger partial charge in [0.05, 0.1) is 10.6 Å². The first-order valence-corrected chi connectivity index (χ1v) is 13.6. The smallest absolute Gasteiger partial charge is 0.262 e. The summed E-state index contributed by atoms with van der Waals surface area (Å²) in [4.78, 5) is 0.307. The molecule has 34 heavy (non-hydrogen) atoms. The van der Waals surface area contributed by atoms with Crippen molar-refractivity contribution in [1.82, 2.24) is 0 Å². The summed E-state index contributed by atoms with van der Waals surface area (Å²) < 4.78 is 36.2. The minimum absolute atomic E-state index is 0.255.